The lowest BCUT2D eigenvalue weighted by Crippen LogP contribution is -2.43. The molecule has 5 atom stereocenters. The van der Waals surface area contributed by atoms with Crippen molar-refractivity contribution >= 4 is 11.8 Å². The number of allylic oxidation sites excluding steroid dienone is 1. The van der Waals surface area contributed by atoms with Gasteiger partial charge < -0.3 is 14.6 Å². The summed E-state index contributed by atoms with van der Waals surface area (Å²) in [5.74, 6) is 1.48. The Balaban J connectivity index is 1.58. The van der Waals surface area contributed by atoms with E-state index in [0.717, 1.165) is 37.0 Å². The summed E-state index contributed by atoms with van der Waals surface area (Å²) in [6.07, 6.45) is 7.35. The highest BCUT2D eigenvalue weighted by atomic mass is 16.5. The third-order valence-electron chi connectivity index (χ3n) is 6.70. The number of Topliss-reactive ketones (excluding diaryl/α,β-unsaturated/α-hetero) is 1. The number of rotatable bonds is 7. The molecule has 2 aliphatic carbocycles. The van der Waals surface area contributed by atoms with E-state index in [-0.39, 0.29) is 23.3 Å². The highest BCUT2D eigenvalue weighted by Crippen LogP contribution is 2.51. The molecule has 0 aromatic carbocycles. The van der Waals surface area contributed by atoms with Crippen LogP contribution in [0.4, 0.5) is 0 Å². The molecule has 0 unspecified atom stereocenters. The topological polar surface area (TPSA) is 72.8 Å². The Morgan fingerprint density at radius 3 is 2.86 bits per heavy atom. The van der Waals surface area contributed by atoms with Crippen LogP contribution in [0, 0.1) is 17.8 Å². The van der Waals surface area contributed by atoms with Gasteiger partial charge in [-0.2, -0.15) is 0 Å². The normalized spacial score (nSPS) is 31.5. The summed E-state index contributed by atoms with van der Waals surface area (Å²) in [5, 5.41) is 9.96. The van der Waals surface area contributed by atoms with Gasteiger partial charge in [0.25, 0.3) is 0 Å². The zero-order chi connectivity index (χ0) is 20.5. The summed E-state index contributed by atoms with van der Waals surface area (Å²) in [7, 11) is 0. The molecule has 156 valence electrons. The minimum absolute atomic E-state index is 0.138. The van der Waals surface area contributed by atoms with Crippen LogP contribution in [0.15, 0.2) is 23.0 Å². The molecular weight excluding hydrogens is 356 g/mol. The Hall–Kier alpha value is -1.62. The quantitative estimate of drug-likeness (QED) is 0.523. The van der Waals surface area contributed by atoms with Crippen LogP contribution >= 0.6 is 0 Å². The molecule has 0 radical (unpaired) electrons. The van der Waals surface area contributed by atoms with Gasteiger partial charge >= 0.3 is 5.97 Å². The second kappa shape index (κ2) is 8.40. The van der Waals surface area contributed by atoms with Crippen molar-refractivity contribution in [1.29, 1.82) is 0 Å². The maximum absolute atomic E-state index is 12.4. The number of esters is 1. The number of carbonyl (C=O) groups excluding carboxylic acids is 2. The number of ketones is 1. The molecule has 0 saturated heterocycles. The van der Waals surface area contributed by atoms with Crippen molar-refractivity contribution in [3.05, 3.63) is 23.0 Å². The van der Waals surface area contributed by atoms with E-state index in [1.165, 1.54) is 12.5 Å². The molecule has 0 saturated carbocycles. The Morgan fingerprint density at radius 1 is 1.39 bits per heavy atom. The zero-order valence-corrected chi connectivity index (χ0v) is 17.6. The number of ether oxygens (including phenoxy) is 2. The largest absolute Gasteiger partial charge is 0.491 e. The maximum Gasteiger partial charge on any atom is 0.302 e. The first-order chi connectivity index (χ1) is 13.2. The van der Waals surface area contributed by atoms with E-state index in [1.807, 2.05) is 0 Å². The maximum atomic E-state index is 12.4. The summed E-state index contributed by atoms with van der Waals surface area (Å²) >= 11 is 0. The van der Waals surface area contributed by atoms with Gasteiger partial charge in [-0.05, 0) is 44.4 Å². The molecular formula is C23H34O5. The van der Waals surface area contributed by atoms with Gasteiger partial charge in [-0.1, -0.05) is 31.9 Å². The SMILES string of the molecule is CC(=O)OC[C@H](C)CCC[C@@H](C)C1=CC[C@]2(C)OC3=C(C[C@H]12)C(=O)[C@@H](O)CC3. The average molecular weight is 391 g/mol. The number of carbonyl (C=O) groups is 2. The van der Waals surface area contributed by atoms with Gasteiger partial charge in [0, 0.05) is 31.3 Å². The minimum Gasteiger partial charge on any atom is -0.491 e. The van der Waals surface area contributed by atoms with Crippen molar-refractivity contribution in [3.8, 4) is 0 Å². The van der Waals surface area contributed by atoms with Crippen molar-refractivity contribution in [2.75, 3.05) is 6.61 Å². The van der Waals surface area contributed by atoms with Crippen LogP contribution < -0.4 is 0 Å². The summed E-state index contributed by atoms with van der Waals surface area (Å²) in [6, 6.07) is 0. The first-order valence-electron chi connectivity index (χ1n) is 10.7. The molecule has 0 spiro atoms. The molecule has 0 fully saturated rings. The van der Waals surface area contributed by atoms with E-state index in [9.17, 15) is 14.7 Å². The van der Waals surface area contributed by atoms with Gasteiger partial charge in [0.2, 0.25) is 0 Å². The van der Waals surface area contributed by atoms with E-state index in [2.05, 4.69) is 26.8 Å². The van der Waals surface area contributed by atoms with Gasteiger partial charge in [0.05, 0.1) is 6.61 Å². The molecule has 5 heteroatoms. The van der Waals surface area contributed by atoms with Crippen LogP contribution in [-0.4, -0.2) is 35.2 Å². The van der Waals surface area contributed by atoms with Gasteiger partial charge in [-0.3, -0.25) is 9.59 Å². The van der Waals surface area contributed by atoms with Gasteiger partial charge in [0.15, 0.2) is 5.78 Å². The number of aliphatic hydroxyl groups is 1. The number of hydrogen-bond donors (Lipinski definition) is 1. The summed E-state index contributed by atoms with van der Waals surface area (Å²) in [4.78, 5) is 23.4. The lowest BCUT2D eigenvalue weighted by atomic mass is 9.73. The van der Waals surface area contributed by atoms with Crippen LogP contribution in [-0.2, 0) is 19.1 Å². The third-order valence-corrected chi connectivity index (χ3v) is 6.70. The molecule has 0 amide bonds. The number of aliphatic hydroxyl groups excluding tert-OH is 1. The lowest BCUT2D eigenvalue weighted by Gasteiger charge is -2.43. The third kappa shape index (κ3) is 4.35. The Bertz CT molecular complexity index is 691. The molecule has 1 N–H and O–H groups in total. The van der Waals surface area contributed by atoms with E-state index in [4.69, 9.17) is 9.47 Å². The van der Waals surface area contributed by atoms with E-state index < -0.39 is 6.10 Å². The molecule has 0 aromatic rings. The van der Waals surface area contributed by atoms with Gasteiger partial charge in [-0.25, -0.2) is 0 Å². The highest BCUT2D eigenvalue weighted by Gasteiger charge is 2.49. The predicted octanol–water partition coefficient (Wildman–Crippen LogP) is 4.10. The fourth-order valence-electron chi connectivity index (χ4n) is 4.93. The van der Waals surface area contributed by atoms with E-state index >= 15 is 0 Å². The first kappa shape index (κ1) is 21.1. The first-order valence-corrected chi connectivity index (χ1v) is 10.7. The second-order valence-electron chi connectivity index (χ2n) is 9.14. The Morgan fingerprint density at radius 2 is 2.14 bits per heavy atom. The molecule has 3 aliphatic rings. The standard InChI is InChI=1S/C23H34O5/c1-14(13-27-16(3)24)6-5-7-15(2)17-10-11-23(4)19(17)12-18-21(28-23)9-8-20(25)22(18)26/h10,14-15,19-20,25H,5-9,11-13H2,1-4H3/t14-,15-,19-,20+,23+/m1/s1. The van der Waals surface area contributed by atoms with Crippen LogP contribution in [0.3, 0.4) is 0 Å². The summed E-state index contributed by atoms with van der Waals surface area (Å²) in [6.45, 7) is 8.47. The summed E-state index contributed by atoms with van der Waals surface area (Å²) in [5.41, 5.74) is 1.86. The van der Waals surface area contributed by atoms with Crippen molar-refractivity contribution in [2.24, 2.45) is 17.8 Å². The molecule has 5 nitrogen and oxygen atoms in total. The fraction of sp³-hybridized carbons (Fsp3) is 0.739. The van der Waals surface area contributed by atoms with Gasteiger partial charge in [-0.15, -0.1) is 0 Å². The van der Waals surface area contributed by atoms with Crippen molar-refractivity contribution in [3.63, 3.8) is 0 Å². The number of fused-ring (bicyclic) bond motifs is 1. The predicted molar refractivity (Wildman–Crippen MR) is 106 cm³/mol. The van der Waals surface area contributed by atoms with E-state index in [1.54, 1.807) is 0 Å². The lowest BCUT2D eigenvalue weighted by molar-refractivity contribution is -0.142. The van der Waals surface area contributed by atoms with Gasteiger partial charge in [0.1, 0.15) is 17.5 Å². The fourth-order valence-corrected chi connectivity index (χ4v) is 4.93. The molecule has 28 heavy (non-hydrogen) atoms. The van der Waals surface area contributed by atoms with E-state index in [0.29, 0.717) is 37.7 Å². The van der Waals surface area contributed by atoms with Crippen LogP contribution in [0.25, 0.3) is 0 Å². The second-order valence-corrected chi connectivity index (χ2v) is 9.14. The van der Waals surface area contributed by atoms with Crippen LogP contribution in [0.2, 0.25) is 0 Å². The summed E-state index contributed by atoms with van der Waals surface area (Å²) < 4.78 is 11.4. The number of hydrogen-bond acceptors (Lipinski definition) is 5. The Labute approximate surface area is 168 Å². The van der Waals surface area contributed by atoms with Crippen molar-refractivity contribution in [2.45, 2.75) is 84.3 Å². The minimum atomic E-state index is -0.864. The molecule has 0 aromatic heterocycles. The van der Waals surface area contributed by atoms with Crippen molar-refractivity contribution in [1.82, 2.24) is 0 Å². The van der Waals surface area contributed by atoms with Crippen LogP contribution in [0.5, 0.6) is 0 Å². The monoisotopic (exact) mass is 390 g/mol. The van der Waals surface area contributed by atoms with Crippen LogP contribution in [0.1, 0.15) is 72.6 Å². The zero-order valence-electron chi connectivity index (χ0n) is 17.6. The van der Waals surface area contributed by atoms with Crippen molar-refractivity contribution < 1.29 is 24.2 Å². The molecule has 1 aliphatic heterocycles. The molecule has 3 rings (SSSR count). The average Bonchev–Trinajstić information content (AvgIpc) is 2.98. The highest BCUT2D eigenvalue weighted by molar-refractivity contribution is 6.00. The Kier molecular flexibility index (Phi) is 6.33. The molecule has 1 heterocycles. The molecule has 0 bridgehead atoms. The smallest absolute Gasteiger partial charge is 0.302 e.